The van der Waals surface area contributed by atoms with Crippen molar-refractivity contribution in [3.05, 3.63) is 35.4 Å². The minimum absolute atomic E-state index is 0.0214. The van der Waals surface area contributed by atoms with E-state index in [1.807, 2.05) is 31.2 Å². The van der Waals surface area contributed by atoms with Gasteiger partial charge in [-0.25, -0.2) is 0 Å². The minimum Gasteiger partial charge on any atom is -0.480 e. The number of nitrogens with zero attached hydrogens (tertiary/aromatic N) is 1. The maximum absolute atomic E-state index is 13.4. The second kappa shape index (κ2) is 6.93. The Labute approximate surface area is 142 Å². The third-order valence-corrected chi connectivity index (χ3v) is 5.42. The van der Waals surface area contributed by atoms with Gasteiger partial charge < -0.3 is 14.7 Å². The molecule has 0 atom stereocenters. The van der Waals surface area contributed by atoms with Gasteiger partial charge in [0.25, 0.3) is 0 Å². The third kappa shape index (κ3) is 3.18. The number of rotatable bonds is 5. The number of carboxylic acid groups (broad SMARTS) is 1. The first kappa shape index (κ1) is 17.0. The number of carbonyl (C=O) groups excluding carboxylic acids is 1. The number of hydrogen-bond donors (Lipinski definition) is 1. The summed E-state index contributed by atoms with van der Waals surface area (Å²) in [5.74, 6) is -0.972. The molecule has 5 heteroatoms. The monoisotopic (exact) mass is 331 g/mol. The fourth-order valence-corrected chi connectivity index (χ4v) is 3.81. The Morgan fingerprint density at radius 1 is 1.21 bits per heavy atom. The Balaban J connectivity index is 1.88. The topological polar surface area (TPSA) is 66.8 Å². The molecule has 24 heavy (non-hydrogen) atoms. The van der Waals surface area contributed by atoms with Gasteiger partial charge in [0.05, 0.1) is 5.41 Å². The van der Waals surface area contributed by atoms with Crippen LogP contribution < -0.4 is 0 Å². The largest absolute Gasteiger partial charge is 0.480 e. The smallest absolute Gasteiger partial charge is 0.323 e. The molecule has 0 aromatic heterocycles. The molecule has 0 bridgehead atoms. The molecule has 1 saturated carbocycles. The summed E-state index contributed by atoms with van der Waals surface area (Å²) in [6, 6.07) is 8.06. The highest BCUT2D eigenvalue weighted by Crippen LogP contribution is 2.45. The molecule has 130 valence electrons. The van der Waals surface area contributed by atoms with Crippen LogP contribution in [0.5, 0.6) is 0 Å². The molecule has 5 nitrogen and oxygen atoms in total. The van der Waals surface area contributed by atoms with Crippen LogP contribution in [0.25, 0.3) is 0 Å². The van der Waals surface area contributed by atoms with Crippen molar-refractivity contribution in [3.63, 3.8) is 0 Å². The summed E-state index contributed by atoms with van der Waals surface area (Å²) in [4.78, 5) is 26.3. The zero-order valence-electron chi connectivity index (χ0n) is 14.2. The van der Waals surface area contributed by atoms with Crippen molar-refractivity contribution < 1.29 is 19.4 Å². The molecule has 0 unspecified atom stereocenters. The van der Waals surface area contributed by atoms with E-state index in [1.165, 1.54) is 0 Å². The van der Waals surface area contributed by atoms with Crippen LogP contribution in [0.4, 0.5) is 0 Å². The van der Waals surface area contributed by atoms with E-state index in [2.05, 4.69) is 0 Å². The number of aliphatic carboxylic acids is 1. The predicted octanol–water partition coefficient (Wildman–Crippen LogP) is 2.51. The molecule has 0 radical (unpaired) electrons. The van der Waals surface area contributed by atoms with Crippen molar-refractivity contribution in [2.45, 2.75) is 50.5 Å². The van der Waals surface area contributed by atoms with Gasteiger partial charge in [0.15, 0.2) is 0 Å². The summed E-state index contributed by atoms with van der Waals surface area (Å²) in [5.41, 5.74) is 1.64. The van der Waals surface area contributed by atoms with Crippen molar-refractivity contribution in [1.82, 2.24) is 4.90 Å². The number of ether oxygens (including phenoxy) is 1. The SMILES string of the molecule is Cc1ccc(C2(C(=O)N(CC(=O)O)C3CCOCC3)CCC2)cc1. The molecular formula is C19H25NO4. The molecule has 2 fully saturated rings. The van der Waals surface area contributed by atoms with Gasteiger partial charge in [0.1, 0.15) is 6.54 Å². The second-order valence-electron chi connectivity index (χ2n) is 6.97. The first-order chi connectivity index (χ1) is 11.5. The Hall–Kier alpha value is -1.88. The summed E-state index contributed by atoms with van der Waals surface area (Å²) in [7, 11) is 0. The van der Waals surface area contributed by atoms with E-state index >= 15 is 0 Å². The Kier molecular flexibility index (Phi) is 4.90. The van der Waals surface area contributed by atoms with E-state index in [0.29, 0.717) is 26.1 Å². The molecule has 1 N–H and O–H groups in total. The normalized spacial score (nSPS) is 20.2. The average molecular weight is 331 g/mol. The van der Waals surface area contributed by atoms with Gasteiger partial charge in [-0.1, -0.05) is 36.2 Å². The lowest BCUT2D eigenvalue weighted by Crippen LogP contribution is -2.56. The van der Waals surface area contributed by atoms with Crippen LogP contribution in [-0.4, -0.2) is 47.7 Å². The Bertz CT molecular complexity index is 600. The van der Waals surface area contributed by atoms with Crippen LogP contribution in [-0.2, 0) is 19.7 Å². The van der Waals surface area contributed by atoms with Crippen LogP contribution in [0, 0.1) is 6.92 Å². The van der Waals surface area contributed by atoms with Gasteiger partial charge in [0, 0.05) is 19.3 Å². The first-order valence-electron chi connectivity index (χ1n) is 8.71. The number of hydrogen-bond acceptors (Lipinski definition) is 3. The summed E-state index contributed by atoms with van der Waals surface area (Å²) >= 11 is 0. The van der Waals surface area contributed by atoms with Gasteiger partial charge in [-0.05, 0) is 38.2 Å². The Morgan fingerprint density at radius 3 is 2.33 bits per heavy atom. The van der Waals surface area contributed by atoms with E-state index in [1.54, 1.807) is 4.90 Å². The lowest BCUT2D eigenvalue weighted by atomic mass is 9.63. The maximum Gasteiger partial charge on any atom is 0.323 e. The fourth-order valence-electron chi connectivity index (χ4n) is 3.81. The Morgan fingerprint density at radius 2 is 1.83 bits per heavy atom. The standard InChI is InChI=1S/C19H25NO4/c1-14-3-5-15(6-4-14)19(9-2-10-19)18(23)20(13-17(21)22)16-7-11-24-12-8-16/h3-6,16H,2,7-13H2,1H3,(H,21,22). The van der Waals surface area contributed by atoms with E-state index < -0.39 is 11.4 Å². The van der Waals surface area contributed by atoms with Gasteiger partial charge in [-0.2, -0.15) is 0 Å². The maximum atomic E-state index is 13.4. The number of carboxylic acids is 1. The summed E-state index contributed by atoms with van der Waals surface area (Å²) < 4.78 is 5.37. The van der Waals surface area contributed by atoms with Crippen LogP contribution in [0.3, 0.4) is 0 Å². The molecule has 1 aromatic carbocycles. The quantitative estimate of drug-likeness (QED) is 0.900. The van der Waals surface area contributed by atoms with E-state index in [-0.39, 0.29) is 18.5 Å². The lowest BCUT2D eigenvalue weighted by molar-refractivity contribution is -0.153. The van der Waals surface area contributed by atoms with Crippen molar-refractivity contribution >= 4 is 11.9 Å². The molecule has 1 aliphatic heterocycles. The van der Waals surface area contributed by atoms with Crippen molar-refractivity contribution in [2.24, 2.45) is 0 Å². The molecule has 2 aliphatic rings. The zero-order valence-corrected chi connectivity index (χ0v) is 14.2. The molecular weight excluding hydrogens is 306 g/mol. The molecule has 1 aromatic rings. The van der Waals surface area contributed by atoms with Gasteiger partial charge >= 0.3 is 5.97 Å². The van der Waals surface area contributed by atoms with Gasteiger partial charge in [-0.15, -0.1) is 0 Å². The highest BCUT2D eigenvalue weighted by atomic mass is 16.5. The zero-order chi connectivity index (χ0) is 17.2. The van der Waals surface area contributed by atoms with Crippen LogP contribution in [0.2, 0.25) is 0 Å². The van der Waals surface area contributed by atoms with E-state index in [0.717, 1.165) is 30.4 Å². The van der Waals surface area contributed by atoms with Gasteiger partial charge in [0.2, 0.25) is 5.91 Å². The predicted molar refractivity (Wildman–Crippen MR) is 89.9 cm³/mol. The summed E-state index contributed by atoms with van der Waals surface area (Å²) in [6.07, 6.45) is 4.03. The van der Waals surface area contributed by atoms with Crippen molar-refractivity contribution in [2.75, 3.05) is 19.8 Å². The van der Waals surface area contributed by atoms with Crippen LogP contribution >= 0.6 is 0 Å². The molecule has 3 rings (SSSR count). The minimum atomic E-state index is -0.951. The summed E-state index contributed by atoms with van der Waals surface area (Å²) in [5, 5.41) is 9.30. The first-order valence-corrected chi connectivity index (χ1v) is 8.71. The lowest BCUT2D eigenvalue weighted by Gasteiger charge is -2.46. The van der Waals surface area contributed by atoms with E-state index in [4.69, 9.17) is 4.74 Å². The molecule has 1 aliphatic carbocycles. The molecule has 1 amide bonds. The highest BCUT2D eigenvalue weighted by Gasteiger charge is 2.49. The number of carbonyl (C=O) groups is 2. The second-order valence-corrected chi connectivity index (χ2v) is 6.97. The van der Waals surface area contributed by atoms with Crippen LogP contribution in [0.15, 0.2) is 24.3 Å². The number of amides is 1. The molecule has 1 heterocycles. The molecule has 1 saturated heterocycles. The number of benzene rings is 1. The van der Waals surface area contributed by atoms with Crippen molar-refractivity contribution in [1.29, 1.82) is 0 Å². The fraction of sp³-hybridized carbons (Fsp3) is 0.579. The van der Waals surface area contributed by atoms with Gasteiger partial charge in [-0.3, -0.25) is 9.59 Å². The average Bonchev–Trinajstić information content (AvgIpc) is 2.54. The van der Waals surface area contributed by atoms with Crippen LogP contribution in [0.1, 0.15) is 43.2 Å². The third-order valence-electron chi connectivity index (χ3n) is 5.42. The number of aryl methyl sites for hydroxylation is 1. The highest BCUT2D eigenvalue weighted by molar-refractivity contribution is 5.91. The summed E-state index contributed by atoms with van der Waals surface area (Å²) in [6.45, 7) is 2.98. The van der Waals surface area contributed by atoms with Crippen molar-refractivity contribution in [3.8, 4) is 0 Å². The van der Waals surface area contributed by atoms with E-state index in [9.17, 15) is 14.7 Å². The molecule has 0 spiro atoms.